The Morgan fingerprint density at radius 1 is 0.647 bits per heavy atom. The number of rotatable bonds is 4. The summed E-state index contributed by atoms with van der Waals surface area (Å²) in [6.07, 6.45) is 0. The quantitative estimate of drug-likeness (QED) is 0.326. The largest absolute Gasteiger partial charge is 2.00 e. The number of hydrogen-bond acceptors (Lipinski definition) is 11. The summed E-state index contributed by atoms with van der Waals surface area (Å²) in [5, 5.41) is 0. The van der Waals surface area contributed by atoms with Crippen LogP contribution in [0.3, 0.4) is 0 Å². The van der Waals surface area contributed by atoms with Gasteiger partial charge in [-0.1, -0.05) is 0 Å². The van der Waals surface area contributed by atoms with Gasteiger partial charge >= 0.3 is 113 Å². The van der Waals surface area contributed by atoms with Crippen molar-refractivity contribution in [1.82, 2.24) is 0 Å². The molecule has 0 unspecified atom stereocenters. The number of hydrogen-bond donors (Lipinski definition) is 0. The fraction of sp³-hybridized carbons (Fsp3) is 0. The first-order valence-corrected chi connectivity index (χ1v) is 6.57. The van der Waals surface area contributed by atoms with Crippen LogP contribution in [0.2, 0.25) is 0 Å². The van der Waals surface area contributed by atoms with Crippen molar-refractivity contribution in [3.8, 4) is 0 Å². The Kier molecular flexibility index (Phi) is 24.5. The molecule has 0 aromatic heterocycles. The van der Waals surface area contributed by atoms with Crippen LogP contribution in [0.1, 0.15) is 0 Å². The van der Waals surface area contributed by atoms with Crippen LogP contribution in [0.5, 0.6) is 0 Å². The van der Waals surface area contributed by atoms with Crippen LogP contribution < -0.4 is 24.5 Å². The summed E-state index contributed by atoms with van der Waals surface area (Å²) in [7, 11) is -17.9. The van der Waals surface area contributed by atoms with Gasteiger partial charge in [-0.25, -0.2) is 0 Å². The van der Waals surface area contributed by atoms with Gasteiger partial charge in [-0.05, 0) is 0 Å². The standard InChI is InChI=1S/3Ca.H5O10P3.H2O/c;;;1-11(2,3)9-13(7,8)10-12(4,5)6;/h;;;(H,7,8)(H2,1,2,3)(H2,4,5,6);1H2/q3*+2;;/p-6. The minimum Gasteiger partial charge on any atom is -0.870 e. The number of phosphoric acid groups is 3. The van der Waals surface area contributed by atoms with E-state index in [1.165, 1.54) is 0 Å². The third-order valence-electron chi connectivity index (χ3n) is 0.400. The predicted octanol–water partition coefficient (Wildman–Crippen LogP) is -5.17. The van der Waals surface area contributed by atoms with Crippen molar-refractivity contribution in [2.75, 3.05) is 0 Å². The molecule has 0 rings (SSSR count). The van der Waals surface area contributed by atoms with Crippen LogP contribution in [0.4, 0.5) is 0 Å². The second kappa shape index (κ2) is 12.7. The van der Waals surface area contributed by atoms with Crippen molar-refractivity contribution in [2.24, 2.45) is 0 Å². The monoisotopic (exact) mass is 390 g/mol. The summed E-state index contributed by atoms with van der Waals surface area (Å²) < 4.78 is 34.7. The average molecular weight is 390 g/mol. The van der Waals surface area contributed by atoms with Gasteiger partial charge in [0.05, 0.1) is 15.6 Å². The molecule has 0 aliphatic rings. The molecule has 17 heteroatoms. The molecule has 1 N–H and O–H groups in total. The zero-order chi connectivity index (χ0) is 10.9. The van der Waals surface area contributed by atoms with E-state index in [-0.39, 0.29) is 119 Å². The molecule has 17 heavy (non-hydrogen) atoms. The van der Waals surface area contributed by atoms with Gasteiger partial charge < -0.3 is 39.1 Å². The van der Waals surface area contributed by atoms with Crippen molar-refractivity contribution >= 4 is 137 Å². The zero-order valence-corrected chi connectivity index (χ0v) is 17.3. The molecule has 0 saturated carbocycles. The van der Waals surface area contributed by atoms with E-state index in [0.717, 1.165) is 0 Å². The molecule has 0 fully saturated rings. The zero-order valence-electron chi connectivity index (χ0n) is 7.99. The van der Waals surface area contributed by atoms with E-state index in [1.807, 2.05) is 0 Å². The van der Waals surface area contributed by atoms with Gasteiger partial charge in [-0.15, -0.1) is 0 Å². The Bertz CT molecular complexity index is 284. The normalized spacial score (nSPS) is 11.1. The molecule has 0 aliphatic heterocycles. The average Bonchev–Trinajstić information content (AvgIpc) is 1.43. The van der Waals surface area contributed by atoms with E-state index in [2.05, 4.69) is 8.62 Å². The van der Waals surface area contributed by atoms with Crippen LogP contribution in [0.25, 0.3) is 0 Å². The van der Waals surface area contributed by atoms with Gasteiger partial charge in [0, 0.05) is 0 Å². The second-order valence-electron chi connectivity index (χ2n) is 1.50. The molecule has 0 spiro atoms. The van der Waals surface area contributed by atoms with E-state index in [0.29, 0.717) is 0 Å². The topological polar surface area (TPSA) is 215 Å². The molecule has 88 valence electrons. The summed E-state index contributed by atoms with van der Waals surface area (Å²) in [5.74, 6) is 0. The Morgan fingerprint density at radius 3 is 0.941 bits per heavy atom. The Hall–Kier alpha value is 4.15. The van der Waals surface area contributed by atoms with Crippen molar-refractivity contribution in [1.29, 1.82) is 0 Å². The molecule has 0 amide bonds. The predicted molar refractivity (Wildman–Crippen MR) is 44.2 cm³/mol. The van der Waals surface area contributed by atoms with Crippen molar-refractivity contribution < 1.29 is 52.3 Å². The van der Waals surface area contributed by atoms with E-state index in [9.17, 15) is 38.2 Å². The molecular formula is HCa3O11P3. The smallest absolute Gasteiger partial charge is 0.870 e. The first-order valence-electron chi connectivity index (χ1n) is 2.19. The van der Waals surface area contributed by atoms with E-state index < -0.39 is 23.5 Å². The maximum absolute atomic E-state index is 10.1. The van der Waals surface area contributed by atoms with Crippen molar-refractivity contribution in [3.63, 3.8) is 0 Å². The van der Waals surface area contributed by atoms with Crippen LogP contribution >= 0.6 is 23.5 Å². The SMILES string of the molecule is O=P([O-])([O-])OP(=O)([O-])OP(=O)([O-])[O-].[Ca+2].[Ca+2].[Ca+2].[OH-]. The second-order valence-corrected chi connectivity index (χ2v) is 5.49. The molecule has 0 atom stereocenters. The van der Waals surface area contributed by atoms with Crippen LogP contribution in [-0.2, 0) is 22.3 Å². The van der Waals surface area contributed by atoms with E-state index in [1.54, 1.807) is 0 Å². The first-order chi connectivity index (χ1) is 5.41. The maximum atomic E-state index is 10.1. The van der Waals surface area contributed by atoms with Gasteiger partial charge in [-0.2, -0.15) is 0 Å². The third-order valence-corrected chi connectivity index (χ3v) is 3.60. The molecule has 0 aromatic rings. The Morgan fingerprint density at radius 2 is 0.824 bits per heavy atom. The van der Waals surface area contributed by atoms with Gasteiger partial charge in [0.25, 0.3) is 7.82 Å². The van der Waals surface area contributed by atoms with Crippen LogP contribution in [-0.4, -0.2) is 119 Å². The van der Waals surface area contributed by atoms with Crippen molar-refractivity contribution in [3.05, 3.63) is 0 Å². The molecule has 0 bridgehead atoms. The summed E-state index contributed by atoms with van der Waals surface area (Å²) >= 11 is 0. The van der Waals surface area contributed by atoms with Crippen molar-refractivity contribution in [2.45, 2.75) is 0 Å². The van der Waals surface area contributed by atoms with Gasteiger partial charge in [0.1, 0.15) is 0 Å². The fourth-order valence-corrected chi connectivity index (χ4v) is 2.61. The Labute approximate surface area is 185 Å². The third kappa shape index (κ3) is 25.4. The summed E-state index contributed by atoms with van der Waals surface area (Å²) in [6.45, 7) is 0. The molecule has 0 radical (unpaired) electrons. The summed E-state index contributed by atoms with van der Waals surface area (Å²) in [4.78, 5) is 48.6. The van der Waals surface area contributed by atoms with Crippen LogP contribution in [0.15, 0.2) is 0 Å². The van der Waals surface area contributed by atoms with Gasteiger partial charge in [0.15, 0.2) is 0 Å². The molecule has 0 aliphatic carbocycles. The minimum atomic E-state index is -5.97. The van der Waals surface area contributed by atoms with Gasteiger partial charge in [-0.3, -0.25) is 13.2 Å². The molecule has 11 nitrogen and oxygen atoms in total. The van der Waals surface area contributed by atoms with Gasteiger partial charge in [0.2, 0.25) is 0 Å². The molecular weight excluding hydrogens is 389 g/mol. The maximum Gasteiger partial charge on any atom is 2.00 e. The first kappa shape index (κ1) is 32.9. The minimum absolute atomic E-state index is 0. The summed E-state index contributed by atoms with van der Waals surface area (Å²) in [6, 6.07) is 0. The fourth-order valence-electron chi connectivity index (χ4n) is 0.260. The summed E-state index contributed by atoms with van der Waals surface area (Å²) in [5.41, 5.74) is 0. The Balaban J connectivity index is -0.000000120. The van der Waals surface area contributed by atoms with E-state index >= 15 is 0 Å². The van der Waals surface area contributed by atoms with E-state index in [4.69, 9.17) is 0 Å². The van der Waals surface area contributed by atoms with Crippen LogP contribution in [0, 0.1) is 0 Å². The molecule has 0 aromatic carbocycles. The molecule has 0 heterocycles. The molecule has 0 saturated heterocycles.